The molecule has 0 saturated carbocycles. The lowest BCUT2D eigenvalue weighted by Gasteiger charge is -2.44. The van der Waals surface area contributed by atoms with Crippen LogP contribution in [0.5, 0.6) is 0 Å². The van der Waals surface area contributed by atoms with Crippen LogP contribution < -0.4 is 5.32 Å². The first-order valence-electron chi connectivity index (χ1n) is 7.61. The maximum Gasteiger partial charge on any atom is 0.0501 e. The predicted molar refractivity (Wildman–Crippen MR) is 84.5 cm³/mol. The molecule has 0 heterocycles. The Morgan fingerprint density at radius 1 is 1.05 bits per heavy atom. The van der Waals surface area contributed by atoms with Gasteiger partial charge in [0.1, 0.15) is 0 Å². The molecule has 1 unspecified atom stereocenters. The summed E-state index contributed by atoms with van der Waals surface area (Å²) in [6.45, 7) is 14.6. The van der Waals surface area contributed by atoms with Gasteiger partial charge in [0.25, 0.3) is 0 Å². The van der Waals surface area contributed by atoms with Crippen LogP contribution in [-0.4, -0.2) is 30.1 Å². The predicted octanol–water partition coefficient (Wildman–Crippen LogP) is 3.85. The van der Waals surface area contributed by atoms with Gasteiger partial charge in [0.05, 0.1) is 6.04 Å². The van der Waals surface area contributed by atoms with Crippen molar-refractivity contribution >= 4 is 0 Å². The van der Waals surface area contributed by atoms with Gasteiger partial charge in [-0.25, -0.2) is 0 Å². The highest BCUT2D eigenvalue weighted by molar-refractivity contribution is 5.22. The summed E-state index contributed by atoms with van der Waals surface area (Å²) in [6, 6.07) is 11.2. The summed E-state index contributed by atoms with van der Waals surface area (Å²) >= 11 is 0. The van der Waals surface area contributed by atoms with Crippen molar-refractivity contribution in [3.63, 3.8) is 0 Å². The molecular weight excluding hydrogens is 232 g/mol. The highest BCUT2D eigenvalue weighted by Gasteiger charge is 2.34. The van der Waals surface area contributed by atoms with Crippen LogP contribution >= 0.6 is 0 Å². The summed E-state index contributed by atoms with van der Waals surface area (Å²) in [7, 11) is 0. The second kappa shape index (κ2) is 7.66. The third-order valence-corrected chi connectivity index (χ3v) is 4.02. The number of likely N-dealkylation sites (N-methyl/N-ethyl adjacent to an activating group) is 1. The standard InChI is InChI=1S/C17H30N2/c1-6-14-18-16(15-12-10-9-11-13-15)17(4,5)19(7-2)8-3/h9-13,16,18H,6-8,14H2,1-5H3. The number of nitrogens with zero attached hydrogens (tertiary/aromatic N) is 1. The van der Waals surface area contributed by atoms with E-state index in [1.807, 2.05) is 0 Å². The molecule has 0 aliphatic heterocycles. The molecule has 1 rings (SSSR count). The minimum absolute atomic E-state index is 0.111. The quantitative estimate of drug-likeness (QED) is 0.765. The normalized spacial score (nSPS) is 13.8. The van der Waals surface area contributed by atoms with E-state index in [0.29, 0.717) is 6.04 Å². The van der Waals surface area contributed by atoms with Crippen molar-refractivity contribution < 1.29 is 0 Å². The van der Waals surface area contributed by atoms with E-state index in [4.69, 9.17) is 0 Å². The zero-order chi connectivity index (χ0) is 14.3. The van der Waals surface area contributed by atoms with E-state index >= 15 is 0 Å². The van der Waals surface area contributed by atoms with Crippen molar-refractivity contribution in [1.29, 1.82) is 0 Å². The van der Waals surface area contributed by atoms with Crippen LogP contribution in [0.3, 0.4) is 0 Å². The Balaban J connectivity index is 3.02. The molecule has 1 aromatic rings. The summed E-state index contributed by atoms with van der Waals surface area (Å²) in [5.74, 6) is 0. The second-order valence-corrected chi connectivity index (χ2v) is 5.62. The van der Waals surface area contributed by atoms with Crippen LogP contribution in [0, 0.1) is 0 Å². The van der Waals surface area contributed by atoms with Crippen molar-refractivity contribution in [1.82, 2.24) is 10.2 Å². The Morgan fingerprint density at radius 3 is 2.11 bits per heavy atom. The summed E-state index contributed by atoms with van der Waals surface area (Å²) in [6.07, 6.45) is 1.16. The van der Waals surface area contributed by atoms with Gasteiger partial charge in [0, 0.05) is 5.54 Å². The molecule has 1 N–H and O–H groups in total. The Bertz CT molecular complexity index is 342. The number of rotatable bonds is 8. The molecule has 0 bridgehead atoms. The SMILES string of the molecule is CCCNC(c1ccccc1)C(C)(C)N(CC)CC. The molecule has 2 heteroatoms. The minimum Gasteiger partial charge on any atom is -0.308 e. The van der Waals surface area contributed by atoms with Gasteiger partial charge in [0.15, 0.2) is 0 Å². The average Bonchev–Trinajstić information content (AvgIpc) is 2.41. The molecule has 0 aliphatic rings. The van der Waals surface area contributed by atoms with Crippen LogP contribution in [0.1, 0.15) is 52.6 Å². The lowest BCUT2D eigenvalue weighted by atomic mass is 9.86. The first kappa shape index (κ1) is 16.2. The highest BCUT2D eigenvalue weighted by Crippen LogP contribution is 2.30. The Hall–Kier alpha value is -0.860. The molecule has 0 saturated heterocycles. The molecule has 0 fully saturated rings. The molecule has 108 valence electrons. The van der Waals surface area contributed by atoms with Crippen molar-refractivity contribution in [2.75, 3.05) is 19.6 Å². The fourth-order valence-electron chi connectivity index (χ4n) is 2.93. The summed E-state index contributed by atoms with van der Waals surface area (Å²) in [5.41, 5.74) is 1.49. The van der Waals surface area contributed by atoms with E-state index in [1.54, 1.807) is 0 Å². The van der Waals surface area contributed by atoms with Gasteiger partial charge in [0.2, 0.25) is 0 Å². The highest BCUT2D eigenvalue weighted by atomic mass is 15.2. The largest absolute Gasteiger partial charge is 0.308 e. The summed E-state index contributed by atoms with van der Waals surface area (Å²) in [4.78, 5) is 2.54. The Morgan fingerprint density at radius 2 is 1.63 bits per heavy atom. The number of benzene rings is 1. The molecule has 1 atom stereocenters. The monoisotopic (exact) mass is 262 g/mol. The first-order chi connectivity index (χ1) is 9.07. The molecule has 2 nitrogen and oxygen atoms in total. The van der Waals surface area contributed by atoms with Gasteiger partial charge >= 0.3 is 0 Å². The maximum absolute atomic E-state index is 3.73. The third-order valence-electron chi connectivity index (χ3n) is 4.02. The lowest BCUT2D eigenvalue weighted by Crippen LogP contribution is -2.52. The van der Waals surface area contributed by atoms with Crippen molar-refractivity contribution in [3.8, 4) is 0 Å². The fourth-order valence-corrected chi connectivity index (χ4v) is 2.93. The zero-order valence-electron chi connectivity index (χ0n) is 13.2. The van der Waals surface area contributed by atoms with Gasteiger partial charge < -0.3 is 5.32 Å². The molecule has 0 amide bonds. The zero-order valence-corrected chi connectivity index (χ0v) is 13.2. The van der Waals surface area contributed by atoms with Crippen LogP contribution in [-0.2, 0) is 0 Å². The maximum atomic E-state index is 3.73. The second-order valence-electron chi connectivity index (χ2n) is 5.62. The van der Waals surface area contributed by atoms with Crippen LogP contribution in [0.4, 0.5) is 0 Å². The van der Waals surface area contributed by atoms with E-state index < -0.39 is 0 Å². The van der Waals surface area contributed by atoms with E-state index in [9.17, 15) is 0 Å². The molecule has 19 heavy (non-hydrogen) atoms. The Labute approximate surface area is 119 Å². The van der Waals surface area contributed by atoms with Crippen molar-refractivity contribution in [2.24, 2.45) is 0 Å². The van der Waals surface area contributed by atoms with Crippen molar-refractivity contribution in [2.45, 2.75) is 52.6 Å². The number of hydrogen-bond acceptors (Lipinski definition) is 2. The van der Waals surface area contributed by atoms with Crippen molar-refractivity contribution in [3.05, 3.63) is 35.9 Å². The third kappa shape index (κ3) is 4.05. The van der Waals surface area contributed by atoms with Gasteiger partial charge in [-0.2, -0.15) is 0 Å². The molecule has 0 spiro atoms. The first-order valence-corrected chi connectivity index (χ1v) is 7.61. The fraction of sp³-hybridized carbons (Fsp3) is 0.647. The Kier molecular flexibility index (Phi) is 6.53. The van der Waals surface area contributed by atoms with Crippen LogP contribution in [0.15, 0.2) is 30.3 Å². The summed E-state index contributed by atoms with van der Waals surface area (Å²) < 4.78 is 0. The van der Waals surface area contributed by atoms with Crippen LogP contribution in [0.25, 0.3) is 0 Å². The smallest absolute Gasteiger partial charge is 0.0501 e. The van der Waals surface area contributed by atoms with Gasteiger partial charge in [-0.1, -0.05) is 51.1 Å². The molecule has 0 aromatic heterocycles. The van der Waals surface area contributed by atoms with E-state index in [2.05, 4.69) is 75.2 Å². The minimum atomic E-state index is 0.111. The van der Waals surface area contributed by atoms with E-state index in [0.717, 1.165) is 26.1 Å². The average molecular weight is 262 g/mol. The molecular formula is C17H30N2. The lowest BCUT2D eigenvalue weighted by molar-refractivity contribution is 0.0912. The number of hydrogen-bond donors (Lipinski definition) is 1. The van der Waals surface area contributed by atoms with E-state index in [1.165, 1.54) is 5.56 Å². The van der Waals surface area contributed by atoms with Gasteiger partial charge in [-0.05, 0) is 45.5 Å². The number of nitrogens with one attached hydrogen (secondary N) is 1. The molecule has 0 aliphatic carbocycles. The molecule has 1 aromatic carbocycles. The van der Waals surface area contributed by atoms with E-state index in [-0.39, 0.29) is 5.54 Å². The van der Waals surface area contributed by atoms with Gasteiger partial charge in [-0.15, -0.1) is 0 Å². The van der Waals surface area contributed by atoms with Gasteiger partial charge in [-0.3, -0.25) is 4.90 Å². The summed E-state index contributed by atoms with van der Waals surface area (Å²) in [5, 5.41) is 3.73. The topological polar surface area (TPSA) is 15.3 Å². The van der Waals surface area contributed by atoms with Crippen LogP contribution in [0.2, 0.25) is 0 Å². The molecule has 0 radical (unpaired) electrons.